The molecule has 1 amide bonds. The molecule has 2 aromatic carbocycles. The van der Waals surface area contributed by atoms with E-state index in [0.717, 1.165) is 27.7 Å². The fourth-order valence-electron chi connectivity index (χ4n) is 3.21. The van der Waals surface area contributed by atoms with E-state index in [9.17, 15) is 4.79 Å². The highest BCUT2D eigenvalue weighted by Crippen LogP contribution is 2.29. The standard InChI is InChI=1S/C23H18ClN3O2/c1-2-14-10-15(6-7-19(14)23(25)28)21-12-17(8-9-26-21)29-18-11-16-4-3-5-20(24)22(16)27-13-18/h3-13H,2H2,1H3,(H2,25,28). The van der Waals surface area contributed by atoms with Crippen molar-refractivity contribution in [3.63, 3.8) is 0 Å². The lowest BCUT2D eigenvalue weighted by molar-refractivity contribution is 0.0999. The van der Waals surface area contributed by atoms with E-state index < -0.39 is 5.91 Å². The first-order chi connectivity index (χ1) is 14.0. The number of aryl methyl sites for hydroxylation is 1. The van der Waals surface area contributed by atoms with Crippen LogP contribution in [0.15, 0.2) is 67.0 Å². The molecule has 144 valence electrons. The van der Waals surface area contributed by atoms with Gasteiger partial charge in [0.2, 0.25) is 5.91 Å². The number of nitrogens with two attached hydrogens (primary N) is 1. The van der Waals surface area contributed by atoms with E-state index in [1.807, 2.05) is 43.3 Å². The first-order valence-electron chi connectivity index (χ1n) is 9.16. The van der Waals surface area contributed by atoms with Gasteiger partial charge in [-0.05, 0) is 42.3 Å². The lowest BCUT2D eigenvalue weighted by Gasteiger charge is -2.10. The third kappa shape index (κ3) is 3.91. The molecule has 0 aliphatic rings. The van der Waals surface area contributed by atoms with Crippen LogP contribution in [0.1, 0.15) is 22.8 Å². The van der Waals surface area contributed by atoms with Gasteiger partial charge in [0.25, 0.3) is 0 Å². The van der Waals surface area contributed by atoms with Gasteiger partial charge in [0.15, 0.2) is 0 Å². The summed E-state index contributed by atoms with van der Waals surface area (Å²) in [5.74, 6) is 0.813. The van der Waals surface area contributed by atoms with Crippen LogP contribution in [0.4, 0.5) is 0 Å². The number of hydrogen-bond acceptors (Lipinski definition) is 4. The summed E-state index contributed by atoms with van der Waals surface area (Å²) in [6.45, 7) is 1.98. The molecule has 0 radical (unpaired) electrons. The second-order valence-corrected chi connectivity index (χ2v) is 6.96. The molecule has 4 aromatic rings. The maximum atomic E-state index is 11.6. The quantitative estimate of drug-likeness (QED) is 0.483. The molecule has 0 unspecified atom stereocenters. The van der Waals surface area contributed by atoms with E-state index in [2.05, 4.69) is 9.97 Å². The number of primary amides is 1. The van der Waals surface area contributed by atoms with Crippen molar-refractivity contribution in [3.05, 3.63) is 83.1 Å². The zero-order valence-electron chi connectivity index (χ0n) is 15.7. The molecule has 0 saturated carbocycles. The predicted octanol–water partition coefficient (Wildman–Crippen LogP) is 5.40. The van der Waals surface area contributed by atoms with Crippen LogP contribution in [0.2, 0.25) is 5.02 Å². The number of carbonyl (C=O) groups is 1. The number of pyridine rings is 2. The van der Waals surface area contributed by atoms with Crippen LogP contribution in [0, 0.1) is 0 Å². The summed E-state index contributed by atoms with van der Waals surface area (Å²) in [7, 11) is 0. The van der Waals surface area contributed by atoms with Crippen molar-refractivity contribution in [1.29, 1.82) is 0 Å². The topological polar surface area (TPSA) is 78.1 Å². The third-order valence-corrected chi connectivity index (χ3v) is 4.96. The van der Waals surface area contributed by atoms with E-state index in [1.54, 1.807) is 30.6 Å². The summed E-state index contributed by atoms with van der Waals surface area (Å²) in [6, 6.07) is 16.7. The largest absolute Gasteiger partial charge is 0.456 e. The molecule has 0 saturated heterocycles. The van der Waals surface area contributed by atoms with Gasteiger partial charge in [0.1, 0.15) is 11.5 Å². The Balaban J connectivity index is 1.65. The molecule has 4 rings (SSSR count). The van der Waals surface area contributed by atoms with E-state index in [-0.39, 0.29) is 0 Å². The van der Waals surface area contributed by atoms with Crippen molar-refractivity contribution in [2.24, 2.45) is 5.73 Å². The van der Waals surface area contributed by atoms with E-state index >= 15 is 0 Å². The summed E-state index contributed by atoms with van der Waals surface area (Å²) in [4.78, 5) is 20.4. The van der Waals surface area contributed by atoms with Gasteiger partial charge in [-0.2, -0.15) is 0 Å². The zero-order chi connectivity index (χ0) is 20.4. The molecule has 0 fully saturated rings. The first-order valence-corrected chi connectivity index (χ1v) is 9.54. The molecule has 0 atom stereocenters. The number of hydrogen-bond donors (Lipinski definition) is 1. The maximum Gasteiger partial charge on any atom is 0.248 e. The van der Waals surface area contributed by atoms with Crippen LogP contribution in [-0.4, -0.2) is 15.9 Å². The Morgan fingerprint density at radius 2 is 1.93 bits per heavy atom. The zero-order valence-corrected chi connectivity index (χ0v) is 16.5. The highest BCUT2D eigenvalue weighted by atomic mass is 35.5. The van der Waals surface area contributed by atoms with Gasteiger partial charge in [-0.15, -0.1) is 0 Å². The Morgan fingerprint density at radius 3 is 2.72 bits per heavy atom. The molecule has 2 heterocycles. The number of amides is 1. The van der Waals surface area contributed by atoms with Crippen molar-refractivity contribution in [1.82, 2.24) is 9.97 Å². The predicted molar refractivity (Wildman–Crippen MR) is 114 cm³/mol. The van der Waals surface area contributed by atoms with Gasteiger partial charge in [-0.1, -0.05) is 36.7 Å². The molecule has 0 spiro atoms. The van der Waals surface area contributed by atoms with Crippen molar-refractivity contribution in [2.45, 2.75) is 13.3 Å². The van der Waals surface area contributed by atoms with E-state index in [4.69, 9.17) is 22.1 Å². The molecule has 0 bridgehead atoms. The smallest absolute Gasteiger partial charge is 0.248 e. The highest BCUT2D eigenvalue weighted by molar-refractivity contribution is 6.35. The summed E-state index contributed by atoms with van der Waals surface area (Å²) < 4.78 is 5.99. The van der Waals surface area contributed by atoms with Crippen LogP contribution in [-0.2, 0) is 6.42 Å². The minimum Gasteiger partial charge on any atom is -0.456 e. The Kier molecular flexibility index (Phi) is 5.14. The van der Waals surface area contributed by atoms with E-state index in [1.165, 1.54) is 0 Å². The van der Waals surface area contributed by atoms with Crippen molar-refractivity contribution in [3.8, 4) is 22.8 Å². The van der Waals surface area contributed by atoms with Gasteiger partial charge in [0.05, 0.1) is 22.4 Å². The van der Waals surface area contributed by atoms with Crippen LogP contribution >= 0.6 is 11.6 Å². The van der Waals surface area contributed by atoms with Crippen molar-refractivity contribution < 1.29 is 9.53 Å². The van der Waals surface area contributed by atoms with Gasteiger partial charge in [-0.3, -0.25) is 14.8 Å². The number of para-hydroxylation sites is 1. The summed E-state index contributed by atoms with van der Waals surface area (Å²) >= 11 is 6.17. The fraction of sp³-hybridized carbons (Fsp3) is 0.0870. The van der Waals surface area contributed by atoms with Crippen LogP contribution in [0.3, 0.4) is 0 Å². The van der Waals surface area contributed by atoms with Crippen LogP contribution < -0.4 is 10.5 Å². The second-order valence-electron chi connectivity index (χ2n) is 6.55. The number of rotatable bonds is 5. The number of ether oxygens (including phenoxy) is 1. The van der Waals surface area contributed by atoms with Crippen molar-refractivity contribution >= 4 is 28.4 Å². The molecular weight excluding hydrogens is 386 g/mol. The second kappa shape index (κ2) is 7.89. The normalized spacial score (nSPS) is 10.8. The molecule has 6 heteroatoms. The van der Waals surface area contributed by atoms with Crippen LogP contribution in [0.5, 0.6) is 11.5 Å². The molecule has 0 aliphatic heterocycles. The van der Waals surface area contributed by atoms with Gasteiger partial charge >= 0.3 is 0 Å². The number of carbonyl (C=O) groups excluding carboxylic acids is 1. The number of nitrogens with zero attached hydrogens (tertiary/aromatic N) is 2. The van der Waals surface area contributed by atoms with Crippen LogP contribution in [0.25, 0.3) is 22.2 Å². The van der Waals surface area contributed by atoms with Gasteiger partial charge < -0.3 is 10.5 Å². The minimum absolute atomic E-state index is 0.428. The summed E-state index contributed by atoms with van der Waals surface area (Å²) in [5, 5.41) is 1.50. The Labute approximate surface area is 173 Å². The number of halogens is 1. The molecule has 2 aromatic heterocycles. The minimum atomic E-state index is -0.428. The molecule has 0 aliphatic carbocycles. The molecular formula is C23H18ClN3O2. The van der Waals surface area contributed by atoms with E-state index in [0.29, 0.717) is 28.5 Å². The average molecular weight is 404 g/mol. The average Bonchev–Trinajstić information content (AvgIpc) is 2.73. The number of aromatic nitrogens is 2. The lowest BCUT2D eigenvalue weighted by Crippen LogP contribution is -2.13. The summed E-state index contributed by atoms with van der Waals surface area (Å²) in [6.07, 6.45) is 4.03. The monoisotopic (exact) mass is 403 g/mol. The Hall–Kier alpha value is -3.44. The Morgan fingerprint density at radius 1 is 1.07 bits per heavy atom. The van der Waals surface area contributed by atoms with Crippen molar-refractivity contribution in [2.75, 3.05) is 0 Å². The number of benzene rings is 2. The fourth-order valence-corrected chi connectivity index (χ4v) is 3.44. The highest BCUT2D eigenvalue weighted by Gasteiger charge is 2.10. The SMILES string of the molecule is CCc1cc(-c2cc(Oc3cnc4c(Cl)cccc4c3)ccn2)ccc1C(N)=O. The molecule has 29 heavy (non-hydrogen) atoms. The summed E-state index contributed by atoms with van der Waals surface area (Å²) in [5.41, 5.74) is 9.23. The maximum absolute atomic E-state index is 11.6. The molecule has 2 N–H and O–H groups in total. The number of fused-ring (bicyclic) bond motifs is 1. The van der Waals surface area contributed by atoms with Gasteiger partial charge in [-0.25, -0.2) is 0 Å². The Bertz CT molecular complexity index is 1220. The first kappa shape index (κ1) is 18.9. The lowest BCUT2D eigenvalue weighted by atomic mass is 9.99. The van der Waals surface area contributed by atoms with Gasteiger partial charge in [0, 0.05) is 28.8 Å². The third-order valence-electron chi connectivity index (χ3n) is 4.65. The molecule has 5 nitrogen and oxygen atoms in total.